The van der Waals surface area contributed by atoms with Crippen LogP contribution in [0.4, 0.5) is 21.0 Å². The minimum Gasteiger partial charge on any atom is -0.463 e. The predicted molar refractivity (Wildman–Crippen MR) is 161 cm³/mol. The molecule has 0 spiro atoms. The molecule has 0 aliphatic carbocycles. The number of nitrogens with one attached hydrogen (secondary N) is 3. The smallest absolute Gasteiger partial charge is 0.338 e. The van der Waals surface area contributed by atoms with Crippen LogP contribution >= 0.6 is 0 Å². The van der Waals surface area contributed by atoms with Crippen molar-refractivity contribution in [1.29, 1.82) is 0 Å². The molecule has 1 aliphatic rings. The fourth-order valence-electron chi connectivity index (χ4n) is 5.09. The number of anilines is 2. The van der Waals surface area contributed by atoms with Crippen molar-refractivity contribution in [2.24, 2.45) is 0 Å². The molecule has 0 aromatic heterocycles. The fourth-order valence-corrected chi connectivity index (χ4v) is 5.09. The molecule has 8 nitrogen and oxygen atoms in total. The summed E-state index contributed by atoms with van der Waals surface area (Å²) in [5, 5.41) is 10.7. The zero-order valence-corrected chi connectivity index (χ0v) is 23.0. The van der Waals surface area contributed by atoms with Gasteiger partial charge in [-0.1, -0.05) is 85.8 Å². The van der Waals surface area contributed by atoms with Crippen LogP contribution in [-0.2, 0) is 9.53 Å². The molecule has 0 radical (unpaired) electrons. The summed E-state index contributed by atoms with van der Waals surface area (Å²) in [5.74, 6) is -0.510. The number of fused-ring (bicyclic) bond motifs is 1. The van der Waals surface area contributed by atoms with Gasteiger partial charge in [-0.15, -0.1) is 0 Å². The minimum absolute atomic E-state index is 0.189. The molecular formula is C33H32N4O4. The first kappa shape index (κ1) is 27.5. The van der Waals surface area contributed by atoms with E-state index in [4.69, 9.17) is 4.74 Å². The summed E-state index contributed by atoms with van der Waals surface area (Å²) in [7, 11) is 0. The lowest BCUT2D eigenvalue weighted by Gasteiger charge is -2.37. The van der Waals surface area contributed by atoms with Gasteiger partial charge in [-0.25, -0.2) is 14.4 Å². The lowest BCUT2D eigenvalue weighted by Crippen LogP contribution is -2.48. The molecule has 41 heavy (non-hydrogen) atoms. The Hall–Kier alpha value is -5.11. The SMILES string of the molecule is CCCN1C(=O)NC(c2cccc(NC(=O)Nc3cccc4ccccc34)c2)C(C(=O)OCC)=C1c1ccccc1. The van der Waals surface area contributed by atoms with E-state index in [1.807, 2.05) is 85.8 Å². The maximum atomic E-state index is 13.5. The average Bonchev–Trinajstić information content (AvgIpc) is 2.98. The summed E-state index contributed by atoms with van der Waals surface area (Å²) in [6.07, 6.45) is 0.704. The molecule has 1 unspecified atom stereocenters. The number of hydrogen-bond donors (Lipinski definition) is 3. The molecule has 3 N–H and O–H groups in total. The quantitative estimate of drug-likeness (QED) is 0.208. The molecule has 208 valence electrons. The molecule has 0 fully saturated rings. The maximum absolute atomic E-state index is 13.5. The second kappa shape index (κ2) is 12.4. The number of urea groups is 2. The number of rotatable bonds is 8. The van der Waals surface area contributed by atoms with Gasteiger partial charge < -0.3 is 20.7 Å². The molecule has 1 heterocycles. The van der Waals surface area contributed by atoms with Gasteiger partial charge in [0.1, 0.15) is 0 Å². The van der Waals surface area contributed by atoms with Crippen LogP contribution in [0.2, 0.25) is 0 Å². The van der Waals surface area contributed by atoms with Crippen molar-refractivity contribution < 1.29 is 19.1 Å². The fraction of sp³-hybridized carbons (Fsp3) is 0.182. The Bertz CT molecular complexity index is 1610. The van der Waals surface area contributed by atoms with Gasteiger partial charge in [0.05, 0.1) is 29.6 Å². The minimum atomic E-state index is -0.784. The topological polar surface area (TPSA) is 99.8 Å². The van der Waals surface area contributed by atoms with Crippen LogP contribution in [0.5, 0.6) is 0 Å². The highest BCUT2D eigenvalue weighted by atomic mass is 16.5. The highest BCUT2D eigenvalue weighted by molar-refractivity contribution is 6.07. The van der Waals surface area contributed by atoms with E-state index < -0.39 is 18.0 Å². The number of ether oxygens (including phenoxy) is 1. The summed E-state index contributed by atoms with van der Waals surface area (Å²) in [6.45, 7) is 4.35. The monoisotopic (exact) mass is 548 g/mol. The summed E-state index contributed by atoms with van der Waals surface area (Å²) in [6, 6.07) is 28.5. The first-order valence-electron chi connectivity index (χ1n) is 13.7. The van der Waals surface area contributed by atoms with E-state index in [2.05, 4.69) is 16.0 Å². The van der Waals surface area contributed by atoms with Crippen molar-refractivity contribution in [3.8, 4) is 0 Å². The summed E-state index contributed by atoms with van der Waals surface area (Å²) in [5.41, 5.74) is 3.43. The van der Waals surface area contributed by atoms with Gasteiger partial charge in [0.2, 0.25) is 0 Å². The molecule has 0 saturated heterocycles. The normalized spacial score (nSPS) is 14.9. The van der Waals surface area contributed by atoms with Crippen LogP contribution < -0.4 is 16.0 Å². The Kier molecular flexibility index (Phi) is 8.29. The molecule has 0 saturated carbocycles. The Balaban J connectivity index is 1.50. The van der Waals surface area contributed by atoms with Crippen molar-refractivity contribution in [3.05, 3.63) is 114 Å². The number of hydrogen-bond acceptors (Lipinski definition) is 4. The summed E-state index contributed by atoms with van der Waals surface area (Å²) >= 11 is 0. The third-order valence-corrected chi connectivity index (χ3v) is 6.83. The van der Waals surface area contributed by atoms with E-state index >= 15 is 0 Å². The van der Waals surface area contributed by atoms with Crippen molar-refractivity contribution in [1.82, 2.24) is 10.2 Å². The van der Waals surface area contributed by atoms with Crippen LogP contribution in [0.3, 0.4) is 0 Å². The van der Waals surface area contributed by atoms with Gasteiger partial charge in [0.25, 0.3) is 0 Å². The Labute approximate surface area is 239 Å². The van der Waals surface area contributed by atoms with E-state index in [9.17, 15) is 14.4 Å². The van der Waals surface area contributed by atoms with Gasteiger partial charge in [-0.2, -0.15) is 0 Å². The zero-order valence-electron chi connectivity index (χ0n) is 23.0. The molecular weight excluding hydrogens is 516 g/mol. The van der Waals surface area contributed by atoms with Gasteiger partial charge in [-0.05, 0) is 48.1 Å². The summed E-state index contributed by atoms with van der Waals surface area (Å²) in [4.78, 5) is 41.4. The third kappa shape index (κ3) is 5.91. The van der Waals surface area contributed by atoms with Crippen LogP contribution in [0.15, 0.2) is 103 Å². The van der Waals surface area contributed by atoms with E-state index in [0.717, 1.165) is 16.3 Å². The second-order valence-electron chi connectivity index (χ2n) is 9.61. The number of amides is 4. The predicted octanol–water partition coefficient (Wildman–Crippen LogP) is 6.93. The van der Waals surface area contributed by atoms with E-state index in [-0.39, 0.29) is 12.6 Å². The number of carbonyl (C=O) groups excluding carboxylic acids is 3. The molecule has 4 aromatic carbocycles. The largest absolute Gasteiger partial charge is 0.463 e. The van der Waals surface area contributed by atoms with Gasteiger partial charge in [-0.3, -0.25) is 4.90 Å². The van der Waals surface area contributed by atoms with Crippen LogP contribution in [0, 0.1) is 0 Å². The highest BCUT2D eigenvalue weighted by Gasteiger charge is 2.38. The number of nitrogens with zero attached hydrogens (tertiary/aromatic N) is 1. The Morgan fingerprint density at radius 1 is 0.878 bits per heavy atom. The molecule has 1 atom stereocenters. The lowest BCUT2D eigenvalue weighted by molar-refractivity contribution is -0.138. The van der Waals surface area contributed by atoms with Crippen molar-refractivity contribution >= 4 is 45.9 Å². The molecule has 4 aromatic rings. The first-order chi connectivity index (χ1) is 20.0. The van der Waals surface area contributed by atoms with Gasteiger partial charge in [0, 0.05) is 17.6 Å². The second-order valence-corrected chi connectivity index (χ2v) is 9.61. The summed E-state index contributed by atoms with van der Waals surface area (Å²) < 4.78 is 5.49. The van der Waals surface area contributed by atoms with Crippen molar-refractivity contribution in [3.63, 3.8) is 0 Å². The average molecular weight is 549 g/mol. The van der Waals surface area contributed by atoms with Gasteiger partial charge >= 0.3 is 18.0 Å². The highest BCUT2D eigenvalue weighted by Crippen LogP contribution is 2.37. The Morgan fingerprint density at radius 3 is 2.39 bits per heavy atom. The van der Waals surface area contributed by atoms with Gasteiger partial charge in [0.15, 0.2) is 0 Å². The van der Waals surface area contributed by atoms with Crippen molar-refractivity contribution in [2.45, 2.75) is 26.3 Å². The third-order valence-electron chi connectivity index (χ3n) is 6.83. The molecule has 1 aliphatic heterocycles. The van der Waals surface area contributed by atoms with Crippen LogP contribution in [-0.4, -0.2) is 36.1 Å². The first-order valence-corrected chi connectivity index (χ1v) is 13.7. The molecule has 4 amide bonds. The van der Waals surface area contributed by atoms with E-state index in [1.165, 1.54) is 0 Å². The maximum Gasteiger partial charge on any atom is 0.338 e. The lowest BCUT2D eigenvalue weighted by atomic mass is 9.91. The number of esters is 1. The van der Waals surface area contributed by atoms with E-state index in [1.54, 1.807) is 30.0 Å². The standard InChI is InChI=1S/C33H32N4O4/c1-3-20-37-30(23-13-6-5-7-14-23)28(31(38)41-4-2)29(36-33(37)40)24-16-10-17-25(21-24)34-32(39)35-27-19-11-15-22-12-8-9-18-26(22)27/h5-19,21,29H,3-4,20H2,1-2H3,(H,36,40)(H2,34,35,39). The van der Waals surface area contributed by atoms with E-state index in [0.29, 0.717) is 41.2 Å². The molecule has 0 bridgehead atoms. The number of carbonyl (C=O) groups is 3. The van der Waals surface area contributed by atoms with Crippen LogP contribution in [0.1, 0.15) is 37.4 Å². The molecule has 5 rings (SSSR count). The Morgan fingerprint density at radius 2 is 1.61 bits per heavy atom. The zero-order chi connectivity index (χ0) is 28.8. The van der Waals surface area contributed by atoms with Crippen molar-refractivity contribution in [2.75, 3.05) is 23.8 Å². The number of benzene rings is 4. The van der Waals surface area contributed by atoms with Crippen LogP contribution in [0.25, 0.3) is 16.5 Å². The molecule has 8 heteroatoms.